The van der Waals surface area contributed by atoms with E-state index in [1.807, 2.05) is 31.2 Å². The fourth-order valence-corrected chi connectivity index (χ4v) is 1.60. The zero-order valence-corrected chi connectivity index (χ0v) is 11.3. The van der Waals surface area contributed by atoms with E-state index in [2.05, 4.69) is 5.16 Å². The van der Waals surface area contributed by atoms with E-state index in [-0.39, 0.29) is 5.56 Å². The lowest BCUT2D eigenvalue weighted by Gasteiger charge is -2.02. The Hall–Kier alpha value is -2.49. The third-order valence-electron chi connectivity index (χ3n) is 2.81. The van der Waals surface area contributed by atoms with Crippen molar-refractivity contribution in [2.75, 3.05) is 0 Å². The normalized spacial score (nSPS) is 11.2. The molecule has 4 heteroatoms. The topological polar surface area (TPSA) is 38.7 Å². The van der Waals surface area contributed by atoms with Gasteiger partial charge in [-0.05, 0) is 43.7 Å². The monoisotopic (exact) mass is 271 g/mol. The third-order valence-corrected chi connectivity index (χ3v) is 2.81. The summed E-state index contributed by atoms with van der Waals surface area (Å²) < 4.78 is 12.7. The van der Waals surface area contributed by atoms with E-state index in [4.69, 9.17) is 4.84 Å². The molecule has 0 spiro atoms. The van der Waals surface area contributed by atoms with Gasteiger partial charge in [-0.2, -0.15) is 0 Å². The molecule has 0 saturated heterocycles. The molecule has 0 N–H and O–H groups in total. The van der Waals surface area contributed by atoms with Crippen LogP contribution in [0.3, 0.4) is 0 Å². The molecule has 0 aliphatic carbocycles. The highest BCUT2D eigenvalue weighted by Gasteiger charge is 2.07. The van der Waals surface area contributed by atoms with E-state index >= 15 is 0 Å². The van der Waals surface area contributed by atoms with Crippen molar-refractivity contribution in [2.24, 2.45) is 5.16 Å². The number of halogens is 1. The van der Waals surface area contributed by atoms with E-state index in [0.717, 1.165) is 11.1 Å². The van der Waals surface area contributed by atoms with Gasteiger partial charge in [0, 0.05) is 0 Å². The Balaban J connectivity index is 2.06. The summed E-state index contributed by atoms with van der Waals surface area (Å²) in [6, 6.07) is 12.8. The maximum Gasteiger partial charge on any atom is 0.365 e. The van der Waals surface area contributed by atoms with Crippen molar-refractivity contribution in [3.8, 4) is 0 Å². The molecular weight excluding hydrogens is 257 g/mol. The van der Waals surface area contributed by atoms with E-state index in [1.165, 1.54) is 24.3 Å². The van der Waals surface area contributed by atoms with Crippen molar-refractivity contribution in [3.63, 3.8) is 0 Å². The maximum atomic E-state index is 12.7. The SMILES string of the molecule is C/C(=N\OC(=O)c1ccc(F)cc1)c1ccc(C)cc1. The first-order chi connectivity index (χ1) is 9.56. The number of aryl methyl sites for hydroxylation is 1. The van der Waals surface area contributed by atoms with E-state index in [0.29, 0.717) is 5.71 Å². The molecule has 0 bridgehead atoms. The van der Waals surface area contributed by atoms with Crippen LogP contribution in [0.4, 0.5) is 4.39 Å². The minimum absolute atomic E-state index is 0.256. The van der Waals surface area contributed by atoms with Crippen LogP contribution in [0, 0.1) is 12.7 Å². The number of carbonyl (C=O) groups excluding carboxylic acids is 1. The molecule has 2 aromatic rings. The fraction of sp³-hybridized carbons (Fsp3) is 0.125. The molecule has 2 aromatic carbocycles. The number of hydrogen-bond donors (Lipinski definition) is 0. The Morgan fingerprint density at radius 1 is 1.00 bits per heavy atom. The van der Waals surface area contributed by atoms with Crippen molar-refractivity contribution >= 4 is 11.7 Å². The summed E-state index contributed by atoms with van der Waals surface area (Å²) in [4.78, 5) is 16.5. The summed E-state index contributed by atoms with van der Waals surface area (Å²) in [6.07, 6.45) is 0. The molecule has 0 heterocycles. The smallest absolute Gasteiger partial charge is 0.313 e. The van der Waals surface area contributed by atoms with Crippen molar-refractivity contribution in [1.82, 2.24) is 0 Å². The summed E-state index contributed by atoms with van der Waals surface area (Å²) in [5.41, 5.74) is 2.87. The van der Waals surface area contributed by atoms with Crippen LogP contribution in [0.5, 0.6) is 0 Å². The van der Waals surface area contributed by atoms with Crippen LogP contribution >= 0.6 is 0 Å². The summed E-state index contributed by atoms with van der Waals surface area (Å²) in [5, 5.41) is 3.80. The van der Waals surface area contributed by atoms with E-state index in [9.17, 15) is 9.18 Å². The summed E-state index contributed by atoms with van der Waals surface area (Å²) >= 11 is 0. The maximum absolute atomic E-state index is 12.7. The van der Waals surface area contributed by atoms with Crippen LogP contribution < -0.4 is 0 Å². The van der Waals surface area contributed by atoms with Gasteiger partial charge in [-0.25, -0.2) is 9.18 Å². The highest BCUT2D eigenvalue weighted by Crippen LogP contribution is 2.07. The molecule has 0 fully saturated rings. The molecule has 3 nitrogen and oxygen atoms in total. The second-order valence-corrected chi connectivity index (χ2v) is 4.43. The number of carbonyl (C=O) groups is 1. The van der Waals surface area contributed by atoms with Gasteiger partial charge in [0.05, 0.1) is 11.3 Å². The second-order valence-electron chi connectivity index (χ2n) is 4.43. The molecule has 0 aliphatic rings. The van der Waals surface area contributed by atoms with Gasteiger partial charge in [0.1, 0.15) is 5.82 Å². The number of nitrogens with zero attached hydrogens (tertiary/aromatic N) is 1. The Labute approximate surface area is 116 Å². The van der Waals surface area contributed by atoms with Gasteiger partial charge in [0.2, 0.25) is 0 Å². The van der Waals surface area contributed by atoms with Crippen molar-refractivity contribution in [3.05, 3.63) is 71.0 Å². The zero-order valence-electron chi connectivity index (χ0n) is 11.3. The van der Waals surface area contributed by atoms with Gasteiger partial charge in [0.15, 0.2) is 0 Å². The number of benzene rings is 2. The summed E-state index contributed by atoms with van der Waals surface area (Å²) in [6.45, 7) is 3.74. The van der Waals surface area contributed by atoms with Gasteiger partial charge < -0.3 is 4.84 Å². The molecule has 0 amide bonds. The molecule has 102 valence electrons. The molecule has 2 rings (SSSR count). The summed E-state index contributed by atoms with van der Waals surface area (Å²) in [7, 11) is 0. The molecule has 0 atom stereocenters. The lowest BCUT2D eigenvalue weighted by molar-refractivity contribution is 0.0516. The zero-order chi connectivity index (χ0) is 14.5. The average Bonchev–Trinajstić information content (AvgIpc) is 2.46. The standard InChI is InChI=1S/C16H14FNO2/c1-11-3-5-13(6-4-11)12(2)18-20-16(19)14-7-9-15(17)10-8-14/h3-10H,1-2H3/b18-12+. The van der Waals surface area contributed by atoms with Crippen molar-refractivity contribution in [1.29, 1.82) is 0 Å². The minimum Gasteiger partial charge on any atom is -0.313 e. The Morgan fingerprint density at radius 2 is 1.55 bits per heavy atom. The van der Waals surface area contributed by atoms with Crippen LogP contribution in [-0.2, 0) is 4.84 Å². The van der Waals surface area contributed by atoms with Crippen LogP contribution in [-0.4, -0.2) is 11.7 Å². The largest absolute Gasteiger partial charge is 0.365 e. The first kappa shape index (κ1) is 13.9. The molecule has 0 aliphatic heterocycles. The van der Waals surface area contributed by atoms with Crippen molar-refractivity contribution in [2.45, 2.75) is 13.8 Å². The number of rotatable bonds is 3. The lowest BCUT2D eigenvalue weighted by Crippen LogP contribution is -2.04. The fourth-order valence-electron chi connectivity index (χ4n) is 1.60. The lowest BCUT2D eigenvalue weighted by atomic mass is 10.1. The Kier molecular flexibility index (Phi) is 4.25. The van der Waals surface area contributed by atoms with Gasteiger partial charge in [-0.3, -0.25) is 0 Å². The highest BCUT2D eigenvalue weighted by molar-refractivity contribution is 5.99. The third kappa shape index (κ3) is 3.51. The molecule has 0 radical (unpaired) electrons. The van der Waals surface area contributed by atoms with E-state index < -0.39 is 11.8 Å². The molecule has 0 aromatic heterocycles. The summed E-state index contributed by atoms with van der Waals surface area (Å²) in [5.74, 6) is -1.02. The minimum atomic E-state index is -0.614. The molecular formula is C16H14FNO2. The second kappa shape index (κ2) is 6.10. The van der Waals surface area contributed by atoms with Crippen molar-refractivity contribution < 1.29 is 14.0 Å². The van der Waals surface area contributed by atoms with Gasteiger partial charge >= 0.3 is 5.97 Å². The Morgan fingerprint density at radius 3 is 2.15 bits per heavy atom. The van der Waals surface area contributed by atoms with Crippen LogP contribution in [0.25, 0.3) is 0 Å². The predicted molar refractivity (Wildman–Crippen MR) is 75.2 cm³/mol. The van der Waals surface area contributed by atoms with E-state index in [1.54, 1.807) is 6.92 Å². The van der Waals surface area contributed by atoms with Crippen LogP contribution in [0.1, 0.15) is 28.4 Å². The average molecular weight is 271 g/mol. The highest BCUT2D eigenvalue weighted by atomic mass is 19.1. The first-order valence-electron chi connectivity index (χ1n) is 6.15. The number of hydrogen-bond acceptors (Lipinski definition) is 3. The molecule has 20 heavy (non-hydrogen) atoms. The Bertz CT molecular complexity index is 631. The van der Waals surface area contributed by atoms with Crippen LogP contribution in [0.2, 0.25) is 0 Å². The first-order valence-corrected chi connectivity index (χ1v) is 6.15. The van der Waals surface area contributed by atoms with Crippen LogP contribution in [0.15, 0.2) is 53.7 Å². The molecule has 0 saturated carbocycles. The predicted octanol–water partition coefficient (Wildman–Crippen LogP) is 3.72. The van der Waals surface area contributed by atoms with Gasteiger partial charge in [-0.15, -0.1) is 0 Å². The quantitative estimate of drug-likeness (QED) is 0.485. The molecule has 0 unspecified atom stereocenters. The van der Waals surface area contributed by atoms with Gasteiger partial charge in [0.25, 0.3) is 0 Å². The van der Waals surface area contributed by atoms with Gasteiger partial charge in [-0.1, -0.05) is 35.0 Å². The number of oxime groups is 1.